The first kappa shape index (κ1) is 17.7. The third kappa shape index (κ3) is 4.93. The van der Waals surface area contributed by atoms with E-state index in [1.165, 1.54) is 57.3 Å². The maximum atomic E-state index is 5.52. The van der Waals surface area contributed by atoms with Crippen molar-refractivity contribution < 1.29 is 4.74 Å². The van der Waals surface area contributed by atoms with Gasteiger partial charge >= 0.3 is 0 Å². The summed E-state index contributed by atoms with van der Waals surface area (Å²) in [6.07, 6.45) is 8.94. The smallest absolute Gasteiger partial charge is 0.128 e. The number of rotatable bonds is 6. The van der Waals surface area contributed by atoms with Gasteiger partial charge in [-0.2, -0.15) is 0 Å². The van der Waals surface area contributed by atoms with Gasteiger partial charge in [-0.05, 0) is 63.1 Å². The van der Waals surface area contributed by atoms with Crippen LogP contribution in [-0.4, -0.2) is 56.3 Å². The van der Waals surface area contributed by atoms with Gasteiger partial charge in [0.25, 0.3) is 0 Å². The van der Waals surface area contributed by atoms with Gasteiger partial charge in [-0.25, -0.2) is 4.98 Å². The molecule has 0 spiro atoms. The van der Waals surface area contributed by atoms with E-state index >= 15 is 0 Å². The first-order valence-electron chi connectivity index (χ1n) is 9.67. The van der Waals surface area contributed by atoms with E-state index in [0.29, 0.717) is 0 Å². The minimum Gasteiger partial charge on any atom is -0.381 e. The van der Waals surface area contributed by atoms with Gasteiger partial charge in [0.2, 0.25) is 0 Å². The van der Waals surface area contributed by atoms with Crippen molar-refractivity contribution in [3.63, 3.8) is 0 Å². The number of ether oxygens (including phenoxy) is 1. The van der Waals surface area contributed by atoms with Crippen LogP contribution in [0.1, 0.15) is 44.2 Å². The van der Waals surface area contributed by atoms with E-state index in [-0.39, 0.29) is 0 Å². The summed E-state index contributed by atoms with van der Waals surface area (Å²) in [5.41, 5.74) is 1.23. The van der Waals surface area contributed by atoms with Gasteiger partial charge < -0.3 is 14.5 Å². The fourth-order valence-electron chi connectivity index (χ4n) is 4.06. The first-order valence-corrected chi connectivity index (χ1v) is 9.67. The zero-order valence-electron chi connectivity index (χ0n) is 15.4. The average Bonchev–Trinajstić information content (AvgIpc) is 2.62. The SMILES string of the molecule is CN(C)c1cccc(CC[C@H]2CCCCN2CC2CCOCC2)n1. The number of hydrogen-bond donors (Lipinski definition) is 0. The minimum atomic E-state index is 0.742. The zero-order valence-corrected chi connectivity index (χ0v) is 15.4. The lowest BCUT2D eigenvalue weighted by Crippen LogP contribution is -2.43. The van der Waals surface area contributed by atoms with Crippen molar-refractivity contribution in [3.8, 4) is 0 Å². The Hall–Kier alpha value is -1.13. The summed E-state index contributed by atoms with van der Waals surface area (Å²) >= 11 is 0. The molecule has 0 bridgehead atoms. The molecule has 0 amide bonds. The second-order valence-corrected chi connectivity index (χ2v) is 7.62. The molecule has 2 aliphatic heterocycles. The fourth-order valence-corrected chi connectivity index (χ4v) is 4.06. The first-order chi connectivity index (χ1) is 11.7. The number of aromatic nitrogens is 1. The summed E-state index contributed by atoms with van der Waals surface area (Å²) in [5.74, 6) is 1.91. The van der Waals surface area contributed by atoms with Crippen LogP contribution in [0.5, 0.6) is 0 Å². The van der Waals surface area contributed by atoms with Gasteiger partial charge in [0, 0.05) is 45.6 Å². The van der Waals surface area contributed by atoms with Crippen LogP contribution in [0.2, 0.25) is 0 Å². The summed E-state index contributed by atoms with van der Waals surface area (Å²) < 4.78 is 5.52. The zero-order chi connectivity index (χ0) is 16.8. The highest BCUT2D eigenvalue weighted by molar-refractivity contribution is 5.37. The Balaban J connectivity index is 1.54. The van der Waals surface area contributed by atoms with Crippen molar-refractivity contribution in [1.29, 1.82) is 0 Å². The quantitative estimate of drug-likeness (QED) is 0.799. The Bertz CT molecular complexity index is 499. The van der Waals surface area contributed by atoms with Crippen LogP contribution in [-0.2, 0) is 11.2 Å². The van der Waals surface area contributed by atoms with E-state index in [2.05, 4.69) is 42.1 Å². The third-order valence-electron chi connectivity index (χ3n) is 5.57. The lowest BCUT2D eigenvalue weighted by Gasteiger charge is -2.39. The predicted molar refractivity (Wildman–Crippen MR) is 99.6 cm³/mol. The van der Waals surface area contributed by atoms with Gasteiger partial charge in [-0.3, -0.25) is 0 Å². The molecule has 3 heterocycles. The molecular weight excluding hydrogens is 298 g/mol. The summed E-state index contributed by atoms with van der Waals surface area (Å²) in [6, 6.07) is 7.14. The maximum absolute atomic E-state index is 5.52. The van der Waals surface area contributed by atoms with Crippen LogP contribution in [0.25, 0.3) is 0 Å². The Morgan fingerprint density at radius 3 is 2.79 bits per heavy atom. The van der Waals surface area contributed by atoms with Crippen LogP contribution in [0.3, 0.4) is 0 Å². The van der Waals surface area contributed by atoms with Crippen LogP contribution >= 0.6 is 0 Å². The monoisotopic (exact) mass is 331 g/mol. The lowest BCUT2D eigenvalue weighted by molar-refractivity contribution is 0.0373. The fraction of sp³-hybridized carbons (Fsp3) is 0.750. The van der Waals surface area contributed by atoms with Crippen molar-refractivity contribution >= 4 is 5.82 Å². The molecule has 0 unspecified atom stereocenters. The van der Waals surface area contributed by atoms with Crippen molar-refractivity contribution in [2.75, 3.05) is 45.3 Å². The highest BCUT2D eigenvalue weighted by Crippen LogP contribution is 2.25. The highest BCUT2D eigenvalue weighted by Gasteiger charge is 2.25. The molecule has 2 saturated heterocycles. The molecule has 2 fully saturated rings. The number of likely N-dealkylation sites (tertiary alicyclic amines) is 1. The Labute approximate surface area is 147 Å². The lowest BCUT2D eigenvalue weighted by atomic mass is 9.93. The molecule has 3 rings (SSSR count). The molecule has 0 saturated carbocycles. The summed E-state index contributed by atoms with van der Waals surface area (Å²) in [6.45, 7) is 4.49. The minimum absolute atomic E-state index is 0.742. The molecular formula is C20H33N3O. The standard InChI is InChI=1S/C20H33N3O/c1-22(2)20-8-5-6-18(21-20)9-10-19-7-3-4-13-23(19)16-17-11-14-24-15-12-17/h5-6,8,17,19H,3-4,7,9-16H2,1-2H3/t19-/m1/s1. The van der Waals surface area contributed by atoms with Crippen LogP contribution in [0.15, 0.2) is 18.2 Å². The van der Waals surface area contributed by atoms with E-state index in [0.717, 1.165) is 37.4 Å². The van der Waals surface area contributed by atoms with Crippen LogP contribution in [0, 0.1) is 5.92 Å². The predicted octanol–water partition coefficient (Wildman–Crippen LogP) is 3.36. The van der Waals surface area contributed by atoms with E-state index < -0.39 is 0 Å². The number of hydrogen-bond acceptors (Lipinski definition) is 4. The number of pyridine rings is 1. The summed E-state index contributed by atoms with van der Waals surface area (Å²) in [7, 11) is 4.12. The molecule has 0 radical (unpaired) electrons. The molecule has 0 aliphatic carbocycles. The van der Waals surface area contributed by atoms with Gasteiger partial charge in [0.05, 0.1) is 0 Å². The van der Waals surface area contributed by atoms with E-state index in [1.54, 1.807) is 0 Å². The Morgan fingerprint density at radius 1 is 1.17 bits per heavy atom. The van der Waals surface area contributed by atoms with Gasteiger partial charge in [-0.15, -0.1) is 0 Å². The number of aryl methyl sites for hydroxylation is 1. The van der Waals surface area contributed by atoms with Gasteiger partial charge in [-0.1, -0.05) is 12.5 Å². The number of piperidine rings is 1. The van der Waals surface area contributed by atoms with E-state index in [1.807, 2.05) is 0 Å². The molecule has 4 heteroatoms. The van der Waals surface area contributed by atoms with E-state index in [4.69, 9.17) is 9.72 Å². The molecule has 1 aromatic rings. The number of nitrogens with zero attached hydrogens (tertiary/aromatic N) is 3. The van der Waals surface area contributed by atoms with Crippen molar-refractivity contribution in [2.24, 2.45) is 5.92 Å². The van der Waals surface area contributed by atoms with Gasteiger partial charge in [0.15, 0.2) is 0 Å². The Morgan fingerprint density at radius 2 is 2.00 bits per heavy atom. The van der Waals surface area contributed by atoms with Gasteiger partial charge in [0.1, 0.15) is 5.82 Å². The molecule has 24 heavy (non-hydrogen) atoms. The molecule has 1 atom stereocenters. The molecule has 0 aromatic carbocycles. The molecule has 4 nitrogen and oxygen atoms in total. The Kier molecular flexibility index (Phi) is 6.50. The van der Waals surface area contributed by atoms with Crippen molar-refractivity contribution in [1.82, 2.24) is 9.88 Å². The molecule has 2 aliphatic rings. The van der Waals surface area contributed by atoms with Crippen LogP contribution in [0.4, 0.5) is 5.82 Å². The second kappa shape index (κ2) is 8.82. The van der Waals surface area contributed by atoms with Crippen LogP contribution < -0.4 is 4.90 Å². The largest absolute Gasteiger partial charge is 0.381 e. The summed E-state index contributed by atoms with van der Waals surface area (Å²) in [4.78, 5) is 9.65. The highest BCUT2D eigenvalue weighted by atomic mass is 16.5. The normalized spacial score (nSPS) is 23.3. The summed E-state index contributed by atoms with van der Waals surface area (Å²) in [5, 5.41) is 0. The van der Waals surface area contributed by atoms with Crippen molar-refractivity contribution in [3.05, 3.63) is 23.9 Å². The molecule has 0 N–H and O–H groups in total. The maximum Gasteiger partial charge on any atom is 0.128 e. The van der Waals surface area contributed by atoms with E-state index in [9.17, 15) is 0 Å². The topological polar surface area (TPSA) is 28.6 Å². The molecule has 134 valence electrons. The second-order valence-electron chi connectivity index (χ2n) is 7.62. The average molecular weight is 332 g/mol. The number of anilines is 1. The third-order valence-corrected chi connectivity index (χ3v) is 5.57. The van der Waals surface area contributed by atoms with Crippen molar-refractivity contribution in [2.45, 2.75) is 51.0 Å². The molecule has 1 aromatic heterocycles.